The molecule has 3 unspecified atom stereocenters. The van der Waals surface area contributed by atoms with Crippen LogP contribution in [0.15, 0.2) is 48.7 Å². The molecule has 2 amide bonds. The molecule has 2 aromatic rings. The molecular weight excluding hydrogens is 378 g/mol. The van der Waals surface area contributed by atoms with Gasteiger partial charge in [-0.3, -0.25) is 19.9 Å². The first-order valence-electron chi connectivity index (χ1n) is 8.94. The molecule has 3 rings (SSSR count). The minimum absolute atomic E-state index is 0.330. The summed E-state index contributed by atoms with van der Waals surface area (Å²) >= 11 is 1.47. The van der Waals surface area contributed by atoms with Gasteiger partial charge in [0.15, 0.2) is 0 Å². The van der Waals surface area contributed by atoms with Gasteiger partial charge in [-0.1, -0.05) is 6.07 Å². The molecule has 5 N–H and O–H groups in total. The summed E-state index contributed by atoms with van der Waals surface area (Å²) in [5.41, 5.74) is 7.06. The number of nitrogens with one attached hydrogen (secondary N) is 3. The Labute approximate surface area is 167 Å². The van der Waals surface area contributed by atoms with Gasteiger partial charge in [0.1, 0.15) is 17.3 Å². The van der Waals surface area contributed by atoms with Gasteiger partial charge in [0.2, 0.25) is 5.91 Å². The van der Waals surface area contributed by atoms with Crippen molar-refractivity contribution in [3.63, 3.8) is 0 Å². The zero-order chi connectivity index (χ0) is 19.9. The number of thioether (sulfide) groups is 1. The maximum absolute atomic E-state index is 12.4. The fraction of sp³-hybridized carbons (Fsp3) is 0.316. The Kier molecular flexibility index (Phi) is 6.85. The first kappa shape index (κ1) is 20.1. The number of ether oxygens (including phenoxy) is 1. The van der Waals surface area contributed by atoms with E-state index in [0.717, 1.165) is 5.69 Å². The molecule has 9 heteroatoms. The second kappa shape index (κ2) is 9.54. The highest BCUT2D eigenvalue weighted by atomic mass is 32.2. The van der Waals surface area contributed by atoms with E-state index in [1.807, 2.05) is 25.1 Å². The number of carbonyl (C=O) groups excluding carboxylic acids is 2. The number of aromatic nitrogens is 1. The minimum atomic E-state index is -0.870. The van der Waals surface area contributed by atoms with Crippen molar-refractivity contribution in [3.05, 3.63) is 59.9 Å². The lowest BCUT2D eigenvalue weighted by atomic mass is 10.1. The maximum atomic E-state index is 12.4. The number of rotatable bonds is 7. The predicted octanol–water partition coefficient (Wildman–Crippen LogP) is 0.800. The molecule has 1 aromatic heterocycles. The van der Waals surface area contributed by atoms with Gasteiger partial charge in [0, 0.05) is 17.5 Å². The van der Waals surface area contributed by atoms with Crippen LogP contribution in [-0.4, -0.2) is 41.1 Å². The molecule has 2 heterocycles. The molecule has 8 nitrogen and oxygen atoms in total. The molecule has 148 valence electrons. The van der Waals surface area contributed by atoms with Gasteiger partial charge >= 0.3 is 0 Å². The SMILES string of the molecule is CCOc1ccc(C(=O)NC2C(=O)NC(SCc3ccccn3)NC2N)cc1. The molecule has 0 radical (unpaired) electrons. The van der Waals surface area contributed by atoms with E-state index in [4.69, 9.17) is 10.5 Å². The lowest BCUT2D eigenvalue weighted by molar-refractivity contribution is -0.125. The van der Waals surface area contributed by atoms with Crippen LogP contribution in [0.2, 0.25) is 0 Å². The van der Waals surface area contributed by atoms with Crippen molar-refractivity contribution in [3.8, 4) is 5.75 Å². The highest BCUT2D eigenvalue weighted by molar-refractivity contribution is 7.99. The summed E-state index contributed by atoms with van der Waals surface area (Å²) in [5, 5.41) is 8.60. The second-order valence-corrected chi connectivity index (χ2v) is 7.22. The molecule has 1 saturated heterocycles. The number of nitrogens with zero attached hydrogens (tertiary/aromatic N) is 1. The van der Waals surface area contributed by atoms with Crippen LogP contribution in [0.5, 0.6) is 5.75 Å². The van der Waals surface area contributed by atoms with Crippen LogP contribution in [0.4, 0.5) is 0 Å². The molecule has 1 aliphatic heterocycles. The predicted molar refractivity (Wildman–Crippen MR) is 107 cm³/mol. The average molecular weight is 401 g/mol. The van der Waals surface area contributed by atoms with Crippen LogP contribution in [-0.2, 0) is 10.5 Å². The number of nitrogens with two attached hydrogens (primary N) is 1. The number of carbonyl (C=O) groups is 2. The summed E-state index contributed by atoms with van der Waals surface area (Å²) in [5.74, 6) is 0.596. The highest BCUT2D eigenvalue weighted by Gasteiger charge is 2.35. The van der Waals surface area contributed by atoms with Gasteiger partial charge < -0.3 is 21.1 Å². The van der Waals surface area contributed by atoms with E-state index in [-0.39, 0.29) is 17.3 Å². The van der Waals surface area contributed by atoms with Crippen molar-refractivity contribution in [2.75, 3.05) is 6.61 Å². The third-order valence-corrected chi connectivity index (χ3v) is 5.15. The first-order valence-corrected chi connectivity index (χ1v) is 9.99. The summed E-state index contributed by atoms with van der Waals surface area (Å²) in [6.07, 6.45) is 1.02. The summed E-state index contributed by atoms with van der Waals surface area (Å²) in [7, 11) is 0. The van der Waals surface area contributed by atoms with Crippen molar-refractivity contribution >= 4 is 23.6 Å². The standard InChI is InChI=1S/C19H23N5O3S/c1-2-27-14-8-6-12(7-9-14)17(25)22-15-16(20)23-19(24-18(15)26)28-11-13-5-3-4-10-21-13/h3-10,15-16,19,23H,2,11,20H2,1H3,(H,22,25)(H,24,26). The molecule has 0 bridgehead atoms. The lowest BCUT2D eigenvalue weighted by Gasteiger charge is -2.35. The molecule has 0 spiro atoms. The fourth-order valence-electron chi connectivity index (χ4n) is 2.69. The van der Waals surface area contributed by atoms with E-state index in [1.165, 1.54) is 11.8 Å². The highest BCUT2D eigenvalue weighted by Crippen LogP contribution is 2.16. The quantitative estimate of drug-likeness (QED) is 0.542. The Balaban J connectivity index is 1.54. The molecule has 28 heavy (non-hydrogen) atoms. The van der Waals surface area contributed by atoms with Crippen LogP contribution in [0, 0.1) is 0 Å². The van der Waals surface area contributed by atoms with E-state index in [1.54, 1.807) is 30.5 Å². The summed E-state index contributed by atoms with van der Waals surface area (Å²) < 4.78 is 5.36. The van der Waals surface area contributed by atoms with Crippen LogP contribution in [0.3, 0.4) is 0 Å². The third kappa shape index (κ3) is 5.22. The molecule has 3 atom stereocenters. The Hall–Kier alpha value is -2.62. The fourth-order valence-corrected chi connectivity index (χ4v) is 3.65. The Bertz CT molecular complexity index is 803. The smallest absolute Gasteiger partial charge is 0.252 e. The topological polar surface area (TPSA) is 118 Å². The van der Waals surface area contributed by atoms with Crippen molar-refractivity contribution < 1.29 is 14.3 Å². The Morgan fingerprint density at radius 1 is 1.29 bits per heavy atom. The second-order valence-electron chi connectivity index (χ2n) is 6.12. The minimum Gasteiger partial charge on any atom is -0.494 e. The van der Waals surface area contributed by atoms with Crippen molar-refractivity contribution in [2.24, 2.45) is 5.73 Å². The van der Waals surface area contributed by atoms with Crippen LogP contribution in [0.25, 0.3) is 0 Å². The van der Waals surface area contributed by atoms with Gasteiger partial charge in [-0.25, -0.2) is 0 Å². The lowest BCUT2D eigenvalue weighted by Crippen LogP contribution is -2.70. The van der Waals surface area contributed by atoms with Crippen molar-refractivity contribution in [2.45, 2.75) is 30.4 Å². The van der Waals surface area contributed by atoms with Crippen LogP contribution >= 0.6 is 11.8 Å². The maximum Gasteiger partial charge on any atom is 0.252 e. The van der Waals surface area contributed by atoms with Gasteiger partial charge in [-0.2, -0.15) is 0 Å². The number of benzene rings is 1. The van der Waals surface area contributed by atoms with Gasteiger partial charge in [-0.15, -0.1) is 11.8 Å². The van der Waals surface area contributed by atoms with Gasteiger partial charge in [0.25, 0.3) is 5.91 Å². The van der Waals surface area contributed by atoms with Crippen LogP contribution in [0.1, 0.15) is 23.0 Å². The van der Waals surface area contributed by atoms with E-state index in [0.29, 0.717) is 23.7 Å². The molecule has 1 aliphatic rings. The largest absolute Gasteiger partial charge is 0.494 e. The third-order valence-electron chi connectivity index (χ3n) is 4.10. The van der Waals surface area contributed by atoms with E-state index < -0.39 is 12.2 Å². The molecule has 1 aromatic carbocycles. The van der Waals surface area contributed by atoms with E-state index in [2.05, 4.69) is 20.9 Å². The Morgan fingerprint density at radius 3 is 2.71 bits per heavy atom. The van der Waals surface area contributed by atoms with Gasteiger partial charge in [0.05, 0.1) is 18.5 Å². The summed E-state index contributed by atoms with van der Waals surface area (Å²) in [6, 6.07) is 11.5. The molecule has 0 saturated carbocycles. The average Bonchev–Trinajstić information content (AvgIpc) is 2.70. The van der Waals surface area contributed by atoms with E-state index in [9.17, 15) is 9.59 Å². The first-order chi connectivity index (χ1) is 13.6. The normalized spacial score (nSPS) is 21.6. The molecular formula is C19H23N5O3S. The van der Waals surface area contributed by atoms with E-state index >= 15 is 0 Å². The van der Waals surface area contributed by atoms with Crippen LogP contribution < -0.4 is 26.4 Å². The number of hydrogen-bond acceptors (Lipinski definition) is 7. The van der Waals surface area contributed by atoms with Gasteiger partial charge in [-0.05, 0) is 43.3 Å². The molecule has 0 aliphatic carbocycles. The Morgan fingerprint density at radius 2 is 2.07 bits per heavy atom. The van der Waals surface area contributed by atoms with Crippen molar-refractivity contribution in [1.29, 1.82) is 0 Å². The number of pyridine rings is 1. The monoisotopic (exact) mass is 401 g/mol. The number of hydrogen-bond donors (Lipinski definition) is 4. The summed E-state index contributed by atoms with van der Waals surface area (Å²) in [4.78, 5) is 29.1. The zero-order valence-corrected chi connectivity index (χ0v) is 16.2. The summed E-state index contributed by atoms with van der Waals surface area (Å²) in [6.45, 7) is 2.44. The molecule has 1 fully saturated rings. The van der Waals surface area contributed by atoms with Crippen molar-refractivity contribution in [1.82, 2.24) is 20.9 Å². The zero-order valence-electron chi connectivity index (χ0n) is 15.4. The number of amides is 2.